The Kier molecular flexibility index (Phi) is 5.99. The van der Waals surface area contributed by atoms with Crippen molar-refractivity contribution in [2.75, 3.05) is 5.32 Å². The van der Waals surface area contributed by atoms with Gasteiger partial charge in [0.05, 0.1) is 12.1 Å². The molecule has 0 spiro atoms. The first kappa shape index (κ1) is 17.9. The smallest absolute Gasteiger partial charge is 0.317 e. The number of aromatic nitrogens is 1. The molecule has 0 bridgehead atoms. The molecule has 1 N–H and O–H groups in total. The highest BCUT2D eigenvalue weighted by Crippen LogP contribution is 2.16. The van der Waals surface area contributed by atoms with Crippen molar-refractivity contribution in [2.45, 2.75) is 20.0 Å². The standard InChI is InChI=1S/C16H15N3O6/c1-11(20)18-13-4-6-15(7-5-13)25-16(21)8-14-3-2-12(9-17-14)10-24-19(22)23/h2-7,9H,8,10H2,1H3,(H,18,20). The zero-order valence-corrected chi connectivity index (χ0v) is 13.3. The van der Waals surface area contributed by atoms with E-state index in [4.69, 9.17) is 4.74 Å². The maximum absolute atomic E-state index is 11.9. The van der Waals surface area contributed by atoms with Gasteiger partial charge in [0.2, 0.25) is 5.91 Å². The van der Waals surface area contributed by atoms with Crippen molar-refractivity contribution in [3.63, 3.8) is 0 Å². The molecule has 0 aliphatic heterocycles. The van der Waals surface area contributed by atoms with E-state index in [1.807, 2.05) is 0 Å². The molecule has 0 atom stereocenters. The Hall–Kier alpha value is -3.49. The SMILES string of the molecule is CC(=O)Nc1ccc(OC(=O)Cc2ccc(CO[N+](=O)[O-])cn2)cc1. The lowest BCUT2D eigenvalue weighted by atomic mass is 10.2. The van der Waals surface area contributed by atoms with Gasteiger partial charge in [0, 0.05) is 18.8 Å². The first-order chi connectivity index (χ1) is 11.9. The predicted molar refractivity (Wildman–Crippen MR) is 86.1 cm³/mol. The summed E-state index contributed by atoms with van der Waals surface area (Å²) < 4.78 is 5.18. The van der Waals surface area contributed by atoms with Crippen LogP contribution in [-0.4, -0.2) is 21.9 Å². The van der Waals surface area contributed by atoms with Crippen LogP contribution in [0.3, 0.4) is 0 Å². The third kappa shape index (κ3) is 6.26. The van der Waals surface area contributed by atoms with Gasteiger partial charge in [-0.15, -0.1) is 10.1 Å². The van der Waals surface area contributed by atoms with Crippen LogP contribution in [0.5, 0.6) is 5.75 Å². The van der Waals surface area contributed by atoms with E-state index < -0.39 is 11.1 Å². The Bertz CT molecular complexity index is 758. The van der Waals surface area contributed by atoms with Crippen LogP contribution in [0.4, 0.5) is 5.69 Å². The Labute approximate surface area is 142 Å². The van der Waals surface area contributed by atoms with Crippen LogP contribution in [0.25, 0.3) is 0 Å². The van der Waals surface area contributed by atoms with Gasteiger partial charge >= 0.3 is 5.97 Å². The second-order valence-corrected chi connectivity index (χ2v) is 5.01. The number of hydrogen-bond donors (Lipinski definition) is 1. The quantitative estimate of drug-likeness (QED) is 0.352. The molecule has 0 aliphatic rings. The maximum atomic E-state index is 11.9. The molecule has 0 aliphatic carbocycles. The number of anilines is 1. The monoisotopic (exact) mass is 345 g/mol. The molecule has 1 aromatic heterocycles. The van der Waals surface area contributed by atoms with Crippen LogP contribution in [-0.2, 0) is 27.5 Å². The number of rotatable bonds is 7. The van der Waals surface area contributed by atoms with E-state index in [9.17, 15) is 19.7 Å². The summed E-state index contributed by atoms with van der Waals surface area (Å²) >= 11 is 0. The number of pyridine rings is 1. The number of nitrogens with zero attached hydrogens (tertiary/aromatic N) is 2. The highest BCUT2D eigenvalue weighted by molar-refractivity contribution is 5.88. The maximum Gasteiger partial charge on any atom is 0.317 e. The number of benzene rings is 1. The molecule has 0 saturated carbocycles. The van der Waals surface area contributed by atoms with Gasteiger partial charge in [0.15, 0.2) is 0 Å². The van der Waals surface area contributed by atoms with Crippen LogP contribution >= 0.6 is 0 Å². The number of nitrogens with one attached hydrogen (secondary N) is 1. The molecule has 9 heteroatoms. The number of carbonyl (C=O) groups excluding carboxylic acids is 2. The van der Waals surface area contributed by atoms with Crippen LogP contribution in [0.1, 0.15) is 18.2 Å². The second-order valence-electron chi connectivity index (χ2n) is 5.01. The third-order valence-corrected chi connectivity index (χ3v) is 2.95. The van der Waals surface area contributed by atoms with Crippen LogP contribution < -0.4 is 10.1 Å². The predicted octanol–water partition coefficient (Wildman–Crippen LogP) is 1.90. The molecule has 9 nitrogen and oxygen atoms in total. The summed E-state index contributed by atoms with van der Waals surface area (Å²) in [6, 6.07) is 9.52. The third-order valence-electron chi connectivity index (χ3n) is 2.95. The molecule has 0 saturated heterocycles. The molecule has 1 aromatic carbocycles. The molecule has 0 radical (unpaired) electrons. The minimum atomic E-state index is -0.886. The molecule has 2 rings (SSSR count). The number of carbonyl (C=O) groups is 2. The van der Waals surface area contributed by atoms with Crippen LogP contribution in [0, 0.1) is 10.1 Å². The molecule has 0 unspecified atom stereocenters. The normalized spacial score (nSPS) is 9.96. The van der Waals surface area contributed by atoms with Crippen molar-refractivity contribution >= 4 is 17.6 Å². The fraction of sp³-hybridized carbons (Fsp3) is 0.188. The van der Waals surface area contributed by atoms with E-state index in [2.05, 4.69) is 15.1 Å². The van der Waals surface area contributed by atoms with Crippen molar-refractivity contribution in [2.24, 2.45) is 0 Å². The first-order valence-electron chi connectivity index (χ1n) is 7.22. The summed E-state index contributed by atoms with van der Waals surface area (Å²) in [6.45, 7) is 1.20. The van der Waals surface area contributed by atoms with E-state index in [1.165, 1.54) is 13.1 Å². The number of hydrogen-bond acceptors (Lipinski definition) is 7. The Balaban J connectivity index is 1.87. The lowest BCUT2D eigenvalue weighted by Crippen LogP contribution is -2.12. The lowest BCUT2D eigenvalue weighted by Gasteiger charge is -2.06. The molecule has 1 amide bonds. The van der Waals surface area contributed by atoms with Gasteiger partial charge in [0.25, 0.3) is 5.09 Å². The molecule has 0 fully saturated rings. The van der Waals surface area contributed by atoms with Crippen molar-refractivity contribution in [1.29, 1.82) is 0 Å². The topological polar surface area (TPSA) is 121 Å². The minimum absolute atomic E-state index is 0.0518. The number of esters is 1. The van der Waals surface area contributed by atoms with Gasteiger partial charge in [-0.25, -0.2) is 0 Å². The Morgan fingerprint density at radius 3 is 2.48 bits per heavy atom. The summed E-state index contributed by atoms with van der Waals surface area (Å²) in [5, 5.41) is 11.8. The van der Waals surface area contributed by atoms with Crippen LogP contribution in [0.15, 0.2) is 42.6 Å². The van der Waals surface area contributed by atoms with Crippen molar-refractivity contribution in [1.82, 2.24) is 4.98 Å². The minimum Gasteiger partial charge on any atom is -0.426 e. The summed E-state index contributed by atoms with van der Waals surface area (Å²) in [5.74, 6) is -0.355. The van der Waals surface area contributed by atoms with Crippen LogP contribution in [0.2, 0.25) is 0 Å². The fourth-order valence-corrected chi connectivity index (χ4v) is 1.90. The molecule has 25 heavy (non-hydrogen) atoms. The van der Waals surface area contributed by atoms with Crippen molar-refractivity contribution in [3.8, 4) is 5.75 Å². The van der Waals surface area contributed by atoms with Gasteiger partial charge in [-0.3, -0.25) is 14.6 Å². The second kappa shape index (κ2) is 8.39. The number of amides is 1. The molecule has 2 aromatic rings. The first-order valence-corrected chi connectivity index (χ1v) is 7.22. The van der Waals surface area contributed by atoms with E-state index in [0.717, 1.165) is 0 Å². The highest BCUT2D eigenvalue weighted by Gasteiger charge is 2.08. The summed E-state index contributed by atoms with van der Waals surface area (Å²) in [4.78, 5) is 41.2. The van der Waals surface area contributed by atoms with Crippen molar-refractivity contribution in [3.05, 3.63) is 64.0 Å². The highest BCUT2D eigenvalue weighted by atomic mass is 16.9. The zero-order valence-electron chi connectivity index (χ0n) is 13.3. The van der Waals surface area contributed by atoms with E-state index in [1.54, 1.807) is 36.4 Å². The van der Waals surface area contributed by atoms with Gasteiger partial charge in [0.1, 0.15) is 12.4 Å². The summed E-state index contributed by atoms with van der Waals surface area (Å²) in [7, 11) is 0. The number of ether oxygens (including phenoxy) is 1. The molecular weight excluding hydrogens is 330 g/mol. The molecule has 1 heterocycles. The van der Waals surface area contributed by atoms with Crippen molar-refractivity contribution < 1.29 is 24.3 Å². The average molecular weight is 345 g/mol. The summed E-state index contributed by atoms with van der Waals surface area (Å²) in [6.07, 6.45) is 1.35. The average Bonchev–Trinajstić information content (AvgIpc) is 2.55. The summed E-state index contributed by atoms with van der Waals surface area (Å²) in [5.41, 5.74) is 1.58. The van der Waals surface area contributed by atoms with Gasteiger partial charge in [-0.1, -0.05) is 6.07 Å². The zero-order chi connectivity index (χ0) is 18.2. The van der Waals surface area contributed by atoms with E-state index in [0.29, 0.717) is 22.7 Å². The van der Waals surface area contributed by atoms with E-state index >= 15 is 0 Å². The fourth-order valence-electron chi connectivity index (χ4n) is 1.90. The van der Waals surface area contributed by atoms with Gasteiger partial charge in [-0.2, -0.15) is 0 Å². The van der Waals surface area contributed by atoms with Gasteiger partial charge in [-0.05, 0) is 35.9 Å². The molecular formula is C16H15N3O6. The van der Waals surface area contributed by atoms with Gasteiger partial charge < -0.3 is 14.9 Å². The molecule has 130 valence electrons. The Morgan fingerprint density at radius 1 is 1.20 bits per heavy atom. The largest absolute Gasteiger partial charge is 0.426 e. The lowest BCUT2D eigenvalue weighted by molar-refractivity contribution is -0.763. The Morgan fingerprint density at radius 2 is 1.92 bits per heavy atom. The van der Waals surface area contributed by atoms with E-state index in [-0.39, 0.29) is 18.9 Å².